The van der Waals surface area contributed by atoms with Gasteiger partial charge in [-0.1, -0.05) is 43.7 Å². The Balaban J connectivity index is 1.61. The van der Waals surface area contributed by atoms with E-state index < -0.39 is 5.91 Å². The van der Waals surface area contributed by atoms with Crippen LogP contribution in [-0.2, 0) is 17.9 Å². The highest BCUT2D eigenvalue weighted by molar-refractivity contribution is 5.95. The quantitative estimate of drug-likeness (QED) is 0.491. The number of aromatic nitrogens is 3. The number of unbranched alkanes of at least 4 members (excludes halogenated alkanes) is 1. The molecule has 0 spiro atoms. The lowest BCUT2D eigenvalue weighted by Gasteiger charge is -2.05. The van der Waals surface area contributed by atoms with Crippen LogP contribution in [0.15, 0.2) is 65.1 Å². The average molecular weight is 375 g/mol. The SMILES string of the molecule is CCCCn1c(O)c(N=NC(=O)Cn2cnc3ccccc32)c2ccccc21. The lowest BCUT2D eigenvalue weighted by Crippen LogP contribution is -2.05. The lowest BCUT2D eigenvalue weighted by atomic mass is 10.2. The van der Waals surface area contributed by atoms with E-state index in [1.165, 1.54) is 0 Å². The molecule has 0 unspecified atom stereocenters. The zero-order chi connectivity index (χ0) is 19.5. The number of benzene rings is 2. The van der Waals surface area contributed by atoms with Gasteiger partial charge in [0.2, 0.25) is 5.88 Å². The number of hydrogen-bond acceptors (Lipinski definition) is 4. The summed E-state index contributed by atoms with van der Waals surface area (Å²) in [6, 6.07) is 15.2. The molecule has 4 aromatic rings. The molecule has 0 radical (unpaired) electrons. The maximum absolute atomic E-state index is 12.4. The molecule has 2 aromatic carbocycles. The normalized spacial score (nSPS) is 11.8. The molecule has 7 heteroatoms. The molecule has 0 aliphatic carbocycles. The molecule has 0 saturated heterocycles. The van der Waals surface area contributed by atoms with Crippen molar-refractivity contribution in [3.05, 3.63) is 54.9 Å². The van der Waals surface area contributed by atoms with Gasteiger partial charge in [-0.3, -0.25) is 4.79 Å². The molecular formula is C21H21N5O2. The molecule has 0 bridgehead atoms. The Morgan fingerprint density at radius 3 is 2.68 bits per heavy atom. The summed E-state index contributed by atoms with van der Waals surface area (Å²) >= 11 is 0. The van der Waals surface area contributed by atoms with Crippen molar-refractivity contribution in [1.82, 2.24) is 14.1 Å². The van der Waals surface area contributed by atoms with Crippen molar-refractivity contribution < 1.29 is 9.90 Å². The number of hydrogen-bond donors (Lipinski definition) is 1. The van der Waals surface area contributed by atoms with Crippen molar-refractivity contribution in [3.8, 4) is 5.88 Å². The molecule has 1 N–H and O–H groups in total. The van der Waals surface area contributed by atoms with Gasteiger partial charge in [0.05, 0.1) is 22.9 Å². The summed E-state index contributed by atoms with van der Waals surface area (Å²) in [5.41, 5.74) is 2.90. The number of aromatic hydroxyl groups is 1. The fourth-order valence-electron chi connectivity index (χ4n) is 3.33. The number of fused-ring (bicyclic) bond motifs is 2. The van der Waals surface area contributed by atoms with Crippen LogP contribution in [0.3, 0.4) is 0 Å². The van der Waals surface area contributed by atoms with Crippen molar-refractivity contribution in [2.45, 2.75) is 32.9 Å². The van der Waals surface area contributed by atoms with Crippen LogP contribution in [0.2, 0.25) is 0 Å². The topological polar surface area (TPSA) is 84.8 Å². The van der Waals surface area contributed by atoms with E-state index >= 15 is 0 Å². The van der Waals surface area contributed by atoms with Crippen LogP contribution in [-0.4, -0.2) is 25.1 Å². The Kier molecular flexibility index (Phi) is 4.89. The summed E-state index contributed by atoms with van der Waals surface area (Å²) in [6.07, 6.45) is 3.57. The zero-order valence-electron chi connectivity index (χ0n) is 15.6. The predicted molar refractivity (Wildman–Crippen MR) is 108 cm³/mol. The van der Waals surface area contributed by atoms with Crippen molar-refractivity contribution in [2.24, 2.45) is 10.2 Å². The van der Waals surface area contributed by atoms with Crippen LogP contribution in [0, 0.1) is 0 Å². The maximum Gasteiger partial charge on any atom is 0.284 e. The Labute approximate surface area is 162 Å². The monoisotopic (exact) mass is 375 g/mol. The Bertz CT molecular complexity index is 1170. The highest BCUT2D eigenvalue weighted by Crippen LogP contribution is 2.39. The highest BCUT2D eigenvalue weighted by atomic mass is 16.3. The summed E-state index contributed by atoms with van der Waals surface area (Å²) in [5, 5.41) is 19.4. The summed E-state index contributed by atoms with van der Waals surface area (Å²) < 4.78 is 3.56. The molecule has 7 nitrogen and oxygen atoms in total. The Morgan fingerprint density at radius 1 is 1.11 bits per heavy atom. The summed E-state index contributed by atoms with van der Waals surface area (Å²) in [5.74, 6) is -0.368. The van der Waals surface area contributed by atoms with Crippen molar-refractivity contribution in [1.29, 1.82) is 0 Å². The molecule has 2 aromatic heterocycles. The number of carbonyl (C=O) groups is 1. The van der Waals surface area contributed by atoms with E-state index in [0.29, 0.717) is 12.2 Å². The van der Waals surface area contributed by atoms with E-state index in [4.69, 9.17) is 0 Å². The molecule has 2 heterocycles. The van der Waals surface area contributed by atoms with Crippen LogP contribution in [0.4, 0.5) is 5.69 Å². The van der Waals surface area contributed by atoms with Crippen LogP contribution in [0.1, 0.15) is 19.8 Å². The number of carbonyl (C=O) groups excluding carboxylic acids is 1. The minimum absolute atomic E-state index is 0.0409. The maximum atomic E-state index is 12.4. The van der Waals surface area contributed by atoms with E-state index in [-0.39, 0.29) is 12.4 Å². The number of aryl methyl sites for hydroxylation is 1. The Morgan fingerprint density at radius 2 is 1.86 bits per heavy atom. The van der Waals surface area contributed by atoms with Gasteiger partial charge in [0.15, 0.2) is 5.69 Å². The van der Waals surface area contributed by atoms with Gasteiger partial charge in [0.1, 0.15) is 6.54 Å². The van der Waals surface area contributed by atoms with Crippen molar-refractivity contribution in [3.63, 3.8) is 0 Å². The Hall–Kier alpha value is -3.48. The smallest absolute Gasteiger partial charge is 0.284 e. The van der Waals surface area contributed by atoms with E-state index in [2.05, 4.69) is 22.1 Å². The molecular weight excluding hydrogens is 354 g/mol. The second kappa shape index (κ2) is 7.64. The largest absolute Gasteiger partial charge is 0.493 e. The van der Waals surface area contributed by atoms with Gasteiger partial charge < -0.3 is 14.2 Å². The fourth-order valence-corrected chi connectivity index (χ4v) is 3.33. The minimum atomic E-state index is -0.409. The first-order valence-corrected chi connectivity index (χ1v) is 9.33. The van der Waals surface area contributed by atoms with Crippen molar-refractivity contribution in [2.75, 3.05) is 0 Å². The highest BCUT2D eigenvalue weighted by Gasteiger charge is 2.16. The molecule has 1 amide bonds. The third-order valence-electron chi connectivity index (χ3n) is 4.75. The molecule has 0 saturated carbocycles. The number of imidazole rings is 1. The fraction of sp³-hybridized carbons (Fsp3) is 0.238. The van der Waals surface area contributed by atoms with E-state index in [1.54, 1.807) is 10.9 Å². The summed E-state index contributed by atoms with van der Waals surface area (Å²) in [7, 11) is 0. The second-order valence-electron chi connectivity index (χ2n) is 6.65. The number of azo groups is 1. The lowest BCUT2D eigenvalue weighted by molar-refractivity contribution is -0.118. The second-order valence-corrected chi connectivity index (χ2v) is 6.65. The van der Waals surface area contributed by atoms with Gasteiger partial charge in [0, 0.05) is 11.9 Å². The van der Waals surface area contributed by atoms with Gasteiger partial charge in [-0.25, -0.2) is 4.98 Å². The summed E-state index contributed by atoms with van der Waals surface area (Å²) in [4.78, 5) is 16.6. The molecule has 142 valence electrons. The molecule has 28 heavy (non-hydrogen) atoms. The van der Waals surface area contributed by atoms with Crippen LogP contribution >= 0.6 is 0 Å². The van der Waals surface area contributed by atoms with Gasteiger partial charge in [0.25, 0.3) is 5.91 Å². The first kappa shape index (κ1) is 17.9. The van der Waals surface area contributed by atoms with Gasteiger partial charge in [-0.05, 0) is 24.6 Å². The van der Waals surface area contributed by atoms with Gasteiger partial charge in [-0.15, -0.1) is 10.2 Å². The van der Waals surface area contributed by atoms with Crippen LogP contribution in [0.25, 0.3) is 21.9 Å². The van der Waals surface area contributed by atoms with Crippen molar-refractivity contribution >= 4 is 33.5 Å². The van der Waals surface area contributed by atoms with Crippen LogP contribution in [0.5, 0.6) is 5.88 Å². The number of nitrogens with zero attached hydrogens (tertiary/aromatic N) is 5. The predicted octanol–water partition coefficient (Wildman–Crippen LogP) is 4.81. The third kappa shape index (κ3) is 3.26. The third-order valence-corrected chi connectivity index (χ3v) is 4.75. The van der Waals surface area contributed by atoms with Gasteiger partial charge in [-0.2, -0.15) is 0 Å². The molecule has 0 fully saturated rings. The number of para-hydroxylation sites is 3. The first-order chi connectivity index (χ1) is 13.7. The molecule has 0 atom stereocenters. The van der Waals surface area contributed by atoms with E-state index in [9.17, 15) is 9.90 Å². The van der Waals surface area contributed by atoms with E-state index in [1.807, 2.05) is 53.1 Å². The molecule has 0 aliphatic heterocycles. The molecule has 4 rings (SSSR count). The minimum Gasteiger partial charge on any atom is -0.493 e. The zero-order valence-corrected chi connectivity index (χ0v) is 15.6. The summed E-state index contributed by atoms with van der Waals surface area (Å²) in [6.45, 7) is 2.83. The van der Waals surface area contributed by atoms with Crippen LogP contribution < -0.4 is 0 Å². The van der Waals surface area contributed by atoms with Gasteiger partial charge >= 0.3 is 0 Å². The van der Waals surface area contributed by atoms with E-state index in [0.717, 1.165) is 34.8 Å². The molecule has 0 aliphatic rings. The standard InChI is InChI=1S/C21H21N5O2/c1-2-3-12-26-17-10-6-4-8-15(17)20(21(26)28)24-23-19(27)13-25-14-22-16-9-5-7-11-18(16)25/h4-11,14,28H,2-3,12-13H2,1H3. The average Bonchev–Trinajstić information content (AvgIpc) is 3.23. The number of rotatable bonds is 6. The first-order valence-electron chi connectivity index (χ1n) is 9.33. The number of amides is 1.